The highest BCUT2D eigenvalue weighted by Crippen LogP contribution is 2.48. The third-order valence-electron chi connectivity index (χ3n) is 4.78. The van der Waals surface area contributed by atoms with Crippen LogP contribution in [-0.4, -0.2) is 6.29 Å². The van der Waals surface area contributed by atoms with Gasteiger partial charge >= 0.3 is 0 Å². The van der Waals surface area contributed by atoms with E-state index in [1.54, 1.807) is 0 Å². The van der Waals surface area contributed by atoms with Crippen molar-refractivity contribution < 1.29 is 4.79 Å². The Labute approximate surface area is 136 Å². The Morgan fingerprint density at radius 3 is 2.22 bits per heavy atom. The van der Waals surface area contributed by atoms with Gasteiger partial charge in [0, 0.05) is 17.4 Å². The largest absolute Gasteiger partial charge is 0.298 e. The van der Waals surface area contributed by atoms with Crippen molar-refractivity contribution in [3.8, 4) is 0 Å². The average Bonchev–Trinajstić information content (AvgIpc) is 3.22. The number of rotatable bonds is 4. The van der Waals surface area contributed by atoms with Crippen LogP contribution in [0.4, 0.5) is 0 Å². The minimum Gasteiger partial charge on any atom is -0.298 e. The number of hydrogen-bond donors (Lipinski definition) is 0. The molecule has 2 atom stereocenters. The molecule has 0 fully saturated rings. The molecule has 2 aromatic carbocycles. The van der Waals surface area contributed by atoms with Crippen LogP contribution < -0.4 is 0 Å². The first-order chi connectivity index (χ1) is 11.3. The van der Waals surface area contributed by atoms with Gasteiger partial charge in [0.25, 0.3) is 0 Å². The van der Waals surface area contributed by atoms with Crippen molar-refractivity contribution in [2.24, 2.45) is 11.8 Å². The molecule has 1 nitrogen and oxygen atoms in total. The first kappa shape index (κ1) is 14.0. The van der Waals surface area contributed by atoms with Gasteiger partial charge in [-0.25, -0.2) is 0 Å². The number of allylic oxidation sites excluding steroid dienone is 5. The normalized spacial score (nSPS) is 22.3. The van der Waals surface area contributed by atoms with E-state index in [0.717, 1.165) is 11.8 Å². The number of carbonyl (C=O) groups is 1. The molecule has 112 valence electrons. The first-order valence-corrected chi connectivity index (χ1v) is 8.06. The molecule has 4 rings (SSSR count). The van der Waals surface area contributed by atoms with Crippen molar-refractivity contribution >= 4 is 17.9 Å². The van der Waals surface area contributed by atoms with E-state index in [4.69, 9.17) is 0 Å². The summed E-state index contributed by atoms with van der Waals surface area (Å²) in [6.07, 6.45) is 11.2. The number of carbonyl (C=O) groups excluding carboxylic acids is 1. The molecule has 0 spiro atoms. The lowest BCUT2D eigenvalue weighted by Gasteiger charge is -2.14. The molecule has 0 aliphatic heterocycles. The summed E-state index contributed by atoms with van der Waals surface area (Å²) >= 11 is 0. The maximum absolute atomic E-state index is 10.7. The summed E-state index contributed by atoms with van der Waals surface area (Å²) < 4.78 is 0. The van der Waals surface area contributed by atoms with E-state index in [-0.39, 0.29) is 0 Å². The monoisotopic (exact) mass is 298 g/mol. The zero-order valence-electron chi connectivity index (χ0n) is 12.9. The second-order valence-electron chi connectivity index (χ2n) is 6.19. The van der Waals surface area contributed by atoms with Gasteiger partial charge in [0.1, 0.15) is 6.29 Å². The molecule has 0 saturated heterocycles. The van der Waals surface area contributed by atoms with Gasteiger partial charge in [0.2, 0.25) is 0 Å². The second kappa shape index (κ2) is 5.85. The highest BCUT2D eigenvalue weighted by Gasteiger charge is 2.34. The Bertz CT molecular complexity index is 807. The van der Waals surface area contributed by atoms with Crippen LogP contribution in [0.1, 0.15) is 27.9 Å². The van der Waals surface area contributed by atoms with Gasteiger partial charge in [-0.1, -0.05) is 78.9 Å². The van der Waals surface area contributed by atoms with Crippen LogP contribution in [0, 0.1) is 11.8 Å². The van der Waals surface area contributed by atoms with Crippen molar-refractivity contribution in [2.75, 3.05) is 0 Å². The van der Waals surface area contributed by atoms with E-state index < -0.39 is 0 Å². The van der Waals surface area contributed by atoms with Crippen LogP contribution in [0.5, 0.6) is 0 Å². The van der Waals surface area contributed by atoms with Crippen LogP contribution in [0.2, 0.25) is 0 Å². The molecular weight excluding hydrogens is 280 g/mol. The quantitative estimate of drug-likeness (QED) is 0.562. The highest BCUT2D eigenvalue weighted by atomic mass is 16.1. The topological polar surface area (TPSA) is 17.1 Å². The fourth-order valence-corrected chi connectivity index (χ4v) is 3.64. The predicted molar refractivity (Wildman–Crippen MR) is 95.0 cm³/mol. The summed E-state index contributed by atoms with van der Waals surface area (Å²) in [6.45, 7) is 0. The molecule has 0 heterocycles. The summed E-state index contributed by atoms with van der Waals surface area (Å²) in [5, 5.41) is 0. The Morgan fingerprint density at radius 2 is 1.48 bits per heavy atom. The number of fused-ring (bicyclic) bond motifs is 2. The lowest BCUT2D eigenvalue weighted by Crippen LogP contribution is -1.96. The minimum atomic E-state index is 0.542. The molecule has 0 amide bonds. The number of hydrogen-bond acceptors (Lipinski definition) is 1. The van der Waals surface area contributed by atoms with Gasteiger partial charge in [0.05, 0.1) is 0 Å². The van der Waals surface area contributed by atoms with Crippen molar-refractivity contribution in [3.05, 3.63) is 95.1 Å². The van der Waals surface area contributed by atoms with Gasteiger partial charge < -0.3 is 0 Å². The smallest absolute Gasteiger partial charge is 0.150 e. The van der Waals surface area contributed by atoms with E-state index in [1.807, 2.05) is 24.3 Å². The zero-order chi connectivity index (χ0) is 15.6. The van der Waals surface area contributed by atoms with Crippen LogP contribution in [0.15, 0.2) is 78.4 Å². The lowest BCUT2D eigenvalue weighted by atomic mass is 9.90. The molecular formula is C22H18O. The van der Waals surface area contributed by atoms with E-state index >= 15 is 0 Å². The number of aldehydes is 1. The molecule has 23 heavy (non-hydrogen) atoms. The van der Waals surface area contributed by atoms with E-state index in [1.165, 1.54) is 23.1 Å². The van der Waals surface area contributed by atoms with Crippen molar-refractivity contribution in [1.82, 2.24) is 0 Å². The molecule has 2 unspecified atom stereocenters. The molecule has 2 aliphatic carbocycles. The van der Waals surface area contributed by atoms with E-state index in [9.17, 15) is 4.79 Å². The maximum atomic E-state index is 10.7. The summed E-state index contributed by atoms with van der Waals surface area (Å²) in [4.78, 5) is 10.7. The maximum Gasteiger partial charge on any atom is 0.150 e. The number of benzene rings is 2. The highest BCUT2D eigenvalue weighted by molar-refractivity contribution is 5.80. The molecule has 0 N–H and O–H groups in total. The summed E-state index contributed by atoms with van der Waals surface area (Å²) in [5.74, 6) is 1.10. The van der Waals surface area contributed by atoms with Gasteiger partial charge in [-0.3, -0.25) is 4.79 Å². The third kappa shape index (κ3) is 2.59. The molecule has 2 aliphatic rings. The van der Waals surface area contributed by atoms with E-state index in [2.05, 4.69) is 54.6 Å². The van der Waals surface area contributed by atoms with E-state index in [0.29, 0.717) is 17.4 Å². The minimum absolute atomic E-state index is 0.542. The standard InChI is InChI=1S/C22H18O/c23-15-17-8-6-16(7-9-17)10-13-21-19-11-12-20(14-19)22(21)18-4-2-1-3-5-18/h1-13,15,19-20H,14H2/b13-10-. The Morgan fingerprint density at radius 1 is 0.783 bits per heavy atom. The second-order valence-corrected chi connectivity index (χ2v) is 6.19. The average molecular weight is 298 g/mol. The van der Waals surface area contributed by atoms with Crippen LogP contribution >= 0.6 is 0 Å². The molecule has 0 aromatic heterocycles. The van der Waals surface area contributed by atoms with Crippen molar-refractivity contribution in [3.63, 3.8) is 0 Å². The van der Waals surface area contributed by atoms with Crippen LogP contribution in [0.25, 0.3) is 11.6 Å². The summed E-state index contributed by atoms with van der Waals surface area (Å²) in [6, 6.07) is 18.4. The Hall–Kier alpha value is -2.67. The predicted octanol–water partition coefficient (Wildman–Crippen LogP) is 5.17. The SMILES string of the molecule is O=Cc1ccc(/C=C\C2=C(c3ccccc3)C3C=CC2C3)cc1. The van der Waals surface area contributed by atoms with Gasteiger partial charge in [-0.15, -0.1) is 0 Å². The Kier molecular flexibility index (Phi) is 3.55. The zero-order valence-corrected chi connectivity index (χ0v) is 12.9. The van der Waals surface area contributed by atoms with Gasteiger partial charge in [-0.2, -0.15) is 0 Å². The van der Waals surface area contributed by atoms with Crippen molar-refractivity contribution in [2.45, 2.75) is 6.42 Å². The molecule has 0 saturated carbocycles. The van der Waals surface area contributed by atoms with Gasteiger partial charge in [-0.05, 0) is 28.7 Å². The molecule has 2 bridgehead atoms. The first-order valence-electron chi connectivity index (χ1n) is 8.06. The molecule has 1 heteroatoms. The van der Waals surface area contributed by atoms with Crippen LogP contribution in [-0.2, 0) is 0 Å². The lowest BCUT2D eigenvalue weighted by molar-refractivity contribution is 0.112. The third-order valence-corrected chi connectivity index (χ3v) is 4.78. The Balaban J connectivity index is 1.68. The molecule has 0 radical (unpaired) electrons. The fourth-order valence-electron chi connectivity index (χ4n) is 3.64. The summed E-state index contributed by atoms with van der Waals surface area (Å²) in [5.41, 5.74) is 6.08. The molecule has 2 aromatic rings. The summed E-state index contributed by atoms with van der Waals surface area (Å²) in [7, 11) is 0. The van der Waals surface area contributed by atoms with Gasteiger partial charge in [0.15, 0.2) is 0 Å². The fraction of sp³-hybridized carbons (Fsp3) is 0.136. The van der Waals surface area contributed by atoms with Crippen molar-refractivity contribution in [1.29, 1.82) is 0 Å². The van der Waals surface area contributed by atoms with Crippen LogP contribution in [0.3, 0.4) is 0 Å².